The highest BCUT2D eigenvalue weighted by Gasteiger charge is 2.44. The number of hydrogen-bond acceptors (Lipinski definition) is 6. The van der Waals surface area contributed by atoms with Crippen molar-refractivity contribution in [2.75, 3.05) is 32.2 Å². The topological polar surface area (TPSA) is 90.9 Å². The summed E-state index contributed by atoms with van der Waals surface area (Å²) >= 11 is 1.62. The SMILES string of the molecule is CCc1cccc(C2(NC[C@@H](O)[C@@H]3Cc4cc(F)cc(c4)OCCCCC(=O)N(C)C(CCSC)C(=O)N3)CC2)c1. The van der Waals surface area contributed by atoms with E-state index in [2.05, 4.69) is 41.8 Å². The summed E-state index contributed by atoms with van der Waals surface area (Å²) < 4.78 is 20.4. The van der Waals surface area contributed by atoms with Crippen molar-refractivity contribution in [3.8, 4) is 5.75 Å². The number of carbonyl (C=O) groups is 2. The maximum atomic E-state index is 14.6. The van der Waals surface area contributed by atoms with Crippen LogP contribution < -0.4 is 15.4 Å². The molecule has 1 aliphatic heterocycles. The molecule has 0 saturated heterocycles. The van der Waals surface area contributed by atoms with Gasteiger partial charge in [0.15, 0.2) is 0 Å². The Morgan fingerprint density at radius 2 is 2.02 bits per heavy atom. The number of aryl methyl sites for hydroxylation is 1. The molecule has 2 aromatic rings. The minimum absolute atomic E-state index is 0.100. The van der Waals surface area contributed by atoms with Crippen LogP contribution in [-0.2, 0) is 28.0 Å². The van der Waals surface area contributed by atoms with E-state index >= 15 is 0 Å². The summed E-state index contributed by atoms with van der Waals surface area (Å²) in [6, 6.07) is 11.7. The van der Waals surface area contributed by atoms with Gasteiger partial charge in [-0.15, -0.1) is 0 Å². The van der Waals surface area contributed by atoms with Gasteiger partial charge in [0.05, 0.1) is 18.8 Å². The summed E-state index contributed by atoms with van der Waals surface area (Å²) in [6.45, 7) is 2.75. The Labute approximate surface area is 247 Å². The average molecular weight is 586 g/mol. The van der Waals surface area contributed by atoms with Crippen LogP contribution in [0, 0.1) is 5.82 Å². The van der Waals surface area contributed by atoms with E-state index in [0.29, 0.717) is 49.4 Å². The van der Waals surface area contributed by atoms with Gasteiger partial charge in [-0.25, -0.2) is 4.39 Å². The third-order valence-corrected chi connectivity index (χ3v) is 8.92. The minimum Gasteiger partial charge on any atom is -0.493 e. The first-order valence-corrected chi connectivity index (χ1v) is 16.1. The Balaban J connectivity index is 1.57. The Morgan fingerprint density at radius 1 is 1.22 bits per heavy atom. The van der Waals surface area contributed by atoms with E-state index in [4.69, 9.17) is 4.74 Å². The molecule has 3 N–H and O–H groups in total. The van der Waals surface area contributed by atoms with E-state index in [-0.39, 0.29) is 30.3 Å². The lowest BCUT2D eigenvalue weighted by atomic mass is 9.98. The number of amides is 2. The number of nitrogens with zero attached hydrogens (tertiary/aromatic N) is 1. The van der Waals surface area contributed by atoms with Crippen molar-refractivity contribution in [3.05, 3.63) is 65.0 Å². The standard InChI is InChI=1S/C32H44FN3O4S/c1-4-22-8-7-9-24(16-22)32(12-13-32)34-21-29(37)27-19-23-17-25(33)20-26(18-23)40-14-6-5-10-30(38)36(2)28(11-15-41-3)31(39)35-27/h7-9,16-18,20,27-29,34,37H,4-6,10-15,19,21H2,1-3H3,(H,35,39)/t27-,28?,29+/m0/s1. The van der Waals surface area contributed by atoms with E-state index < -0.39 is 24.0 Å². The molecular weight excluding hydrogens is 541 g/mol. The van der Waals surface area contributed by atoms with Crippen molar-refractivity contribution in [1.82, 2.24) is 15.5 Å². The zero-order chi connectivity index (χ0) is 29.4. The average Bonchev–Trinajstić information content (AvgIpc) is 3.76. The van der Waals surface area contributed by atoms with E-state index in [1.54, 1.807) is 24.9 Å². The molecule has 2 amide bonds. The van der Waals surface area contributed by atoms with Crippen LogP contribution in [0.2, 0.25) is 0 Å². The Bertz CT molecular complexity index is 1190. The van der Waals surface area contributed by atoms with Gasteiger partial charge in [-0.2, -0.15) is 11.8 Å². The number of fused-ring (bicyclic) bond motifs is 2. The molecule has 1 aliphatic carbocycles. The number of aliphatic hydroxyl groups excluding tert-OH is 1. The van der Waals surface area contributed by atoms with Crippen LogP contribution in [0.1, 0.15) is 62.1 Å². The van der Waals surface area contributed by atoms with Crippen molar-refractivity contribution in [2.45, 2.75) is 82.0 Å². The maximum absolute atomic E-state index is 14.6. The molecule has 1 saturated carbocycles. The van der Waals surface area contributed by atoms with Gasteiger partial charge >= 0.3 is 0 Å². The summed E-state index contributed by atoms with van der Waals surface area (Å²) in [4.78, 5) is 28.2. The molecule has 224 valence electrons. The highest BCUT2D eigenvalue weighted by molar-refractivity contribution is 7.98. The van der Waals surface area contributed by atoms with Gasteiger partial charge in [0.25, 0.3) is 0 Å². The lowest BCUT2D eigenvalue weighted by Crippen LogP contribution is -2.55. The number of benzene rings is 2. The normalized spacial score (nSPS) is 22.2. The van der Waals surface area contributed by atoms with E-state index in [1.165, 1.54) is 28.2 Å². The Morgan fingerprint density at radius 3 is 2.76 bits per heavy atom. The fourth-order valence-corrected chi connectivity index (χ4v) is 5.97. The lowest BCUT2D eigenvalue weighted by Gasteiger charge is -2.32. The van der Waals surface area contributed by atoms with Gasteiger partial charge in [-0.1, -0.05) is 31.2 Å². The number of halogens is 1. The van der Waals surface area contributed by atoms with Crippen molar-refractivity contribution in [3.63, 3.8) is 0 Å². The monoisotopic (exact) mass is 585 g/mol. The van der Waals surface area contributed by atoms with E-state index in [1.807, 2.05) is 6.26 Å². The van der Waals surface area contributed by atoms with Crippen LogP contribution in [0.4, 0.5) is 4.39 Å². The fraction of sp³-hybridized carbons (Fsp3) is 0.562. The largest absolute Gasteiger partial charge is 0.493 e. The molecule has 0 spiro atoms. The van der Waals surface area contributed by atoms with Crippen LogP contribution in [0.15, 0.2) is 42.5 Å². The zero-order valence-corrected chi connectivity index (χ0v) is 25.3. The van der Waals surface area contributed by atoms with Crippen molar-refractivity contribution in [2.24, 2.45) is 0 Å². The Kier molecular flexibility index (Phi) is 11.1. The van der Waals surface area contributed by atoms with Crippen LogP contribution in [0.5, 0.6) is 5.75 Å². The number of nitrogens with one attached hydrogen (secondary N) is 2. The minimum atomic E-state index is -0.948. The van der Waals surface area contributed by atoms with Crippen molar-refractivity contribution in [1.29, 1.82) is 0 Å². The highest BCUT2D eigenvalue weighted by atomic mass is 32.2. The number of rotatable bonds is 9. The summed E-state index contributed by atoms with van der Waals surface area (Å²) in [6.07, 6.45) is 6.18. The van der Waals surface area contributed by atoms with Crippen molar-refractivity contribution < 1.29 is 23.8 Å². The zero-order valence-electron chi connectivity index (χ0n) is 24.5. The molecule has 3 atom stereocenters. The maximum Gasteiger partial charge on any atom is 0.243 e. The molecule has 2 bridgehead atoms. The van der Waals surface area contributed by atoms with E-state index in [0.717, 1.165) is 19.3 Å². The number of likely N-dealkylation sites (N-methyl/N-ethyl adjacent to an activating group) is 1. The predicted molar refractivity (Wildman–Crippen MR) is 162 cm³/mol. The van der Waals surface area contributed by atoms with Gasteiger partial charge < -0.3 is 25.4 Å². The molecule has 7 nitrogen and oxygen atoms in total. The molecule has 4 rings (SSSR count). The first kappa shape index (κ1) is 31.3. The van der Waals surface area contributed by atoms with Gasteiger partial charge in [0, 0.05) is 31.6 Å². The van der Waals surface area contributed by atoms with Gasteiger partial charge in [0.1, 0.15) is 17.6 Å². The summed E-state index contributed by atoms with van der Waals surface area (Å²) in [5.41, 5.74) is 2.91. The highest BCUT2D eigenvalue weighted by Crippen LogP contribution is 2.45. The number of hydrogen-bond donors (Lipinski definition) is 3. The molecule has 2 aliphatic rings. The summed E-state index contributed by atoms with van der Waals surface area (Å²) in [5, 5.41) is 18.1. The third-order valence-electron chi connectivity index (χ3n) is 8.28. The number of thioether (sulfide) groups is 1. The second kappa shape index (κ2) is 14.5. The van der Waals surface area contributed by atoms with Gasteiger partial charge in [0.2, 0.25) is 11.8 Å². The number of ether oxygens (including phenoxy) is 1. The molecule has 1 unspecified atom stereocenters. The Hall–Kier alpha value is -2.62. The first-order valence-electron chi connectivity index (χ1n) is 14.7. The summed E-state index contributed by atoms with van der Waals surface area (Å²) in [7, 11) is 1.67. The molecule has 1 heterocycles. The molecule has 41 heavy (non-hydrogen) atoms. The quantitative estimate of drug-likeness (QED) is 0.409. The first-order chi connectivity index (χ1) is 19.7. The smallest absolute Gasteiger partial charge is 0.243 e. The molecule has 0 aromatic heterocycles. The number of carbonyl (C=O) groups excluding carboxylic acids is 2. The molecular formula is C32H44FN3O4S. The predicted octanol–water partition coefficient (Wildman–Crippen LogP) is 4.20. The summed E-state index contributed by atoms with van der Waals surface area (Å²) in [5.74, 6) is 0.279. The van der Waals surface area contributed by atoms with Crippen LogP contribution in [0.25, 0.3) is 0 Å². The number of aliphatic hydroxyl groups is 1. The van der Waals surface area contributed by atoms with E-state index in [9.17, 15) is 19.1 Å². The molecule has 2 aromatic carbocycles. The van der Waals surface area contributed by atoms with Gasteiger partial charge in [-0.3, -0.25) is 9.59 Å². The second-order valence-electron chi connectivity index (χ2n) is 11.3. The fourth-order valence-electron chi connectivity index (χ4n) is 5.51. The molecule has 0 radical (unpaired) electrons. The third kappa shape index (κ3) is 8.46. The van der Waals surface area contributed by atoms with Crippen LogP contribution in [0.3, 0.4) is 0 Å². The van der Waals surface area contributed by atoms with Gasteiger partial charge in [-0.05, 0) is 85.8 Å². The lowest BCUT2D eigenvalue weighted by molar-refractivity contribution is -0.139. The van der Waals surface area contributed by atoms with Crippen LogP contribution in [-0.4, -0.2) is 72.2 Å². The second-order valence-corrected chi connectivity index (χ2v) is 12.3. The van der Waals surface area contributed by atoms with Crippen LogP contribution >= 0.6 is 11.8 Å². The molecule has 1 fully saturated rings. The van der Waals surface area contributed by atoms with Crippen molar-refractivity contribution >= 4 is 23.6 Å². The molecule has 9 heteroatoms.